The first kappa shape index (κ1) is 12.0. The zero-order valence-corrected chi connectivity index (χ0v) is 10.2. The number of nitriles is 1. The Kier molecular flexibility index (Phi) is 2.73. The minimum absolute atomic E-state index is 0.0460. The van der Waals surface area contributed by atoms with Gasteiger partial charge in [-0.3, -0.25) is 0 Å². The van der Waals surface area contributed by atoms with Crippen molar-refractivity contribution in [3.05, 3.63) is 47.8 Å². The smallest absolute Gasteiger partial charge is 0.300 e. The summed E-state index contributed by atoms with van der Waals surface area (Å²) in [6.45, 7) is 0. The van der Waals surface area contributed by atoms with Crippen molar-refractivity contribution in [3.63, 3.8) is 0 Å². The van der Waals surface area contributed by atoms with Crippen molar-refractivity contribution in [3.8, 4) is 6.07 Å². The Labute approximate surface area is 113 Å². The van der Waals surface area contributed by atoms with Gasteiger partial charge in [0.15, 0.2) is 5.58 Å². The molecule has 5 nitrogen and oxygen atoms in total. The van der Waals surface area contributed by atoms with Gasteiger partial charge in [-0.25, -0.2) is 4.39 Å². The summed E-state index contributed by atoms with van der Waals surface area (Å²) >= 11 is 0. The average Bonchev–Trinajstić information content (AvgIpc) is 2.82. The molecule has 0 radical (unpaired) electrons. The molecule has 0 aliphatic rings. The number of fused-ring (bicyclic) bond motifs is 1. The number of anilines is 3. The standard InChI is InChI=1S/C14H9FN4O/c15-11-3-2-10(5-8(11)7-16)18-14-19-12-4-1-9(17)6-13(12)20-14/h1-6H,17H2,(H,18,19). The summed E-state index contributed by atoms with van der Waals surface area (Å²) in [6.07, 6.45) is 0. The molecule has 3 rings (SSSR count). The number of nitrogens with one attached hydrogen (secondary N) is 1. The lowest BCUT2D eigenvalue weighted by atomic mass is 10.2. The summed E-state index contributed by atoms with van der Waals surface area (Å²) in [7, 11) is 0. The number of oxazole rings is 1. The summed E-state index contributed by atoms with van der Waals surface area (Å²) in [5, 5.41) is 11.7. The van der Waals surface area contributed by atoms with Crippen LogP contribution in [0, 0.1) is 17.1 Å². The number of hydrogen-bond acceptors (Lipinski definition) is 5. The number of nitrogen functional groups attached to an aromatic ring is 1. The van der Waals surface area contributed by atoms with E-state index in [2.05, 4.69) is 10.3 Å². The minimum atomic E-state index is -0.566. The molecule has 0 fully saturated rings. The Hall–Kier alpha value is -3.07. The van der Waals surface area contributed by atoms with E-state index in [0.29, 0.717) is 22.5 Å². The van der Waals surface area contributed by atoms with Crippen LogP contribution in [0.5, 0.6) is 0 Å². The van der Waals surface area contributed by atoms with Crippen molar-refractivity contribution in [1.82, 2.24) is 4.98 Å². The lowest BCUT2D eigenvalue weighted by molar-refractivity contribution is 0.620. The number of nitrogens with two attached hydrogens (primary N) is 1. The fourth-order valence-corrected chi connectivity index (χ4v) is 1.81. The van der Waals surface area contributed by atoms with Crippen molar-refractivity contribution in [2.24, 2.45) is 0 Å². The Bertz CT molecular complexity index is 835. The van der Waals surface area contributed by atoms with Crippen LogP contribution >= 0.6 is 0 Å². The van der Waals surface area contributed by atoms with E-state index < -0.39 is 5.82 Å². The van der Waals surface area contributed by atoms with E-state index in [-0.39, 0.29) is 11.6 Å². The van der Waals surface area contributed by atoms with Crippen molar-refractivity contribution in [1.29, 1.82) is 5.26 Å². The number of halogens is 1. The van der Waals surface area contributed by atoms with E-state index in [4.69, 9.17) is 15.4 Å². The predicted molar refractivity (Wildman–Crippen MR) is 72.8 cm³/mol. The molecule has 0 bridgehead atoms. The van der Waals surface area contributed by atoms with E-state index in [1.165, 1.54) is 18.2 Å². The van der Waals surface area contributed by atoms with Crippen LogP contribution in [-0.2, 0) is 0 Å². The highest BCUT2D eigenvalue weighted by Gasteiger charge is 2.08. The Balaban J connectivity index is 1.95. The maximum absolute atomic E-state index is 13.2. The van der Waals surface area contributed by atoms with Crippen molar-refractivity contribution >= 4 is 28.5 Å². The van der Waals surface area contributed by atoms with E-state index in [1.807, 2.05) is 0 Å². The lowest BCUT2D eigenvalue weighted by Crippen LogP contribution is -1.92. The first-order valence-corrected chi connectivity index (χ1v) is 5.78. The topological polar surface area (TPSA) is 87.9 Å². The molecule has 0 atom stereocenters. The third-order valence-electron chi connectivity index (χ3n) is 2.75. The first-order valence-electron chi connectivity index (χ1n) is 5.78. The molecule has 0 saturated carbocycles. The lowest BCUT2D eigenvalue weighted by Gasteiger charge is -2.01. The third kappa shape index (κ3) is 2.12. The van der Waals surface area contributed by atoms with Gasteiger partial charge in [-0.2, -0.15) is 10.2 Å². The largest absolute Gasteiger partial charge is 0.423 e. The molecule has 98 valence electrons. The molecule has 0 saturated heterocycles. The minimum Gasteiger partial charge on any atom is -0.423 e. The third-order valence-corrected chi connectivity index (χ3v) is 2.75. The Morgan fingerprint density at radius 2 is 2.10 bits per heavy atom. The van der Waals surface area contributed by atoms with Crippen LogP contribution < -0.4 is 11.1 Å². The van der Waals surface area contributed by atoms with E-state index in [1.54, 1.807) is 24.3 Å². The summed E-state index contributed by atoms with van der Waals surface area (Å²) < 4.78 is 18.7. The van der Waals surface area contributed by atoms with Crippen LogP contribution in [0.3, 0.4) is 0 Å². The van der Waals surface area contributed by atoms with Gasteiger partial charge in [0.05, 0.1) is 5.56 Å². The quantitative estimate of drug-likeness (QED) is 0.697. The van der Waals surface area contributed by atoms with Crippen LogP contribution in [0.25, 0.3) is 11.1 Å². The predicted octanol–water partition coefficient (Wildman–Crippen LogP) is 3.16. The van der Waals surface area contributed by atoms with E-state index >= 15 is 0 Å². The van der Waals surface area contributed by atoms with E-state index in [9.17, 15) is 4.39 Å². The second-order valence-electron chi connectivity index (χ2n) is 4.18. The summed E-state index contributed by atoms with van der Waals surface area (Å²) in [5.74, 6) is -0.566. The summed E-state index contributed by atoms with van der Waals surface area (Å²) in [5.41, 5.74) is 7.91. The molecule has 0 spiro atoms. The number of rotatable bonds is 2. The van der Waals surface area contributed by atoms with Crippen LogP contribution in [0.1, 0.15) is 5.56 Å². The number of nitrogens with zero attached hydrogens (tertiary/aromatic N) is 2. The maximum Gasteiger partial charge on any atom is 0.300 e. The molecule has 0 unspecified atom stereocenters. The highest BCUT2D eigenvalue weighted by Crippen LogP contribution is 2.24. The van der Waals surface area contributed by atoms with Crippen LogP contribution in [0.15, 0.2) is 40.8 Å². The van der Waals surface area contributed by atoms with Crippen molar-refractivity contribution in [2.45, 2.75) is 0 Å². The molecule has 0 amide bonds. The van der Waals surface area contributed by atoms with Gasteiger partial charge in [0.25, 0.3) is 6.01 Å². The number of hydrogen-bond donors (Lipinski definition) is 2. The van der Waals surface area contributed by atoms with Crippen LogP contribution in [0.4, 0.5) is 21.8 Å². The molecule has 20 heavy (non-hydrogen) atoms. The highest BCUT2D eigenvalue weighted by molar-refractivity contribution is 5.78. The molecule has 1 aromatic heterocycles. The van der Waals surface area contributed by atoms with Gasteiger partial charge in [-0.15, -0.1) is 0 Å². The Morgan fingerprint density at radius 3 is 2.90 bits per heavy atom. The molecule has 2 aromatic carbocycles. The second kappa shape index (κ2) is 4.55. The zero-order chi connectivity index (χ0) is 14.1. The fourth-order valence-electron chi connectivity index (χ4n) is 1.81. The summed E-state index contributed by atoms with van der Waals surface area (Å²) in [4.78, 5) is 4.22. The molecular formula is C14H9FN4O. The molecule has 0 aliphatic carbocycles. The van der Waals surface area contributed by atoms with Crippen molar-refractivity contribution < 1.29 is 8.81 Å². The molecular weight excluding hydrogens is 259 g/mol. The van der Waals surface area contributed by atoms with Gasteiger partial charge in [-0.1, -0.05) is 0 Å². The monoisotopic (exact) mass is 268 g/mol. The average molecular weight is 268 g/mol. The number of aromatic nitrogens is 1. The van der Waals surface area contributed by atoms with Crippen molar-refractivity contribution in [2.75, 3.05) is 11.1 Å². The Morgan fingerprint density at radius 1 is 1.25 bits per heavy atom. The fraction of sp³-hybridized carbons (Fsp3) is 0. The first-order chi connectivity index (χ1) is 9.65. The maximum atomic E-state index is 13.2. The number of benzene rings is 2. The van der Waals surface area contributed by atoms with Crippen LogP contribution in [0.2, 0.25) is 0 Å². The van der Waals surface area contributed by atoms with Gasteiger partial charge in [-0.05, 0) is 30.3 Å². The second-order valence-corrected chi connectivity index (χ2v) is 4.18. The van der Waals surface area contributed by atoms with E-state index in [0.717, 1.165) is 0 Å². The summed E-state index contributed by atoms with van der Waals surface area (Å²) in [6, 6.07) is 11.2. The van der Waals surface area contributed by atoms with Gasteiger partial charge >= 0.3 is 0 Å². The van der Waals surface area contributed by atoms with Gasteiger partial charge in [0.2, 0.25) is 0 Å². The molecule has 1 heterocycles. The van der Waals surface area contributed by atoms with Gasteiger partial charge < -0.3 is 15.5 Å². The SMILES string of the molecule is N#Cc1cc(Nc2nc3ccc(N)cc3o2)ccc1F. The molecule has 6 heteroatoms. The molecule has 3 aromatic rings. The molecule has 0 aliphatic heterocycles. The highest BCUT2D eigenvalue weighted by atomic mass is 19.1. The van der Waals surface area contributed by atoms with Gasteiger partial charge in [0.1, 0.15) is 17.4 Å². The van der Waals surface area contributed by atoms with Gasteiger partial charge in [0, 0.05) is 17.4 Å². The normalized spacial score (nSPS) is 10.4. The van der Waals surface area contributed by atoms with Crippen LogP contribution in [-0.4, -0.2) is 4.98 Å². The molecule has 3 N–H and O–H groups in total. The zero-order valence-electron chi connectivity index (χ0n) is 10.2.